The van der Waals surface area contributed by atoms with Crippen LogP contribution >= 0.6 is 0 Å². The van der Waals surface area contributed by atoms with E-state index >= 15 is 0 Å². The standard InChI is InChI=1S/C11H15NO5S/c1-2-7-18(15,16)8-6-17-9-4-3-5-12-10(9)11(13)14/h3-5H,2,6-8H2,1H3,(H,13,14). The monoisotopic (exact) mass is 273 g/mol. The van der Waals surface area contributed by atoms with Crippen LogP contribution in [0, 0.1) is 0 Å². The van der Waals surface area contributed by atoms with Crippen LogP contribution in [0.2, 0.25) is 0 Å². The Bertz CT molecular complexity index is 512. The fourth-order valence-electron chi connectivity index (χ4n) is 1.36. The summed E-state index contributed by atoms with van der Waals surface area (Å²) < 4.78 is 28.0. The lowest BCUT2D eigenvalue weighted by molar-refractivity contribution is 0.0685. The Hall–Kier alpha value is -1.63. The molecule has 0 fully saturated rings. The Morgan fingerprint density at radius 2 is 2.17 bits per heavy atom. The molecule has 1 aromatic rings. The highest BCUT2D eigenvalue weighted by Crippen LogP contribution is 2.15. The van der Waals surface area contributed by atoms with Crippen molar-refractivity contribution in [2.24, 2.45) is 0 Å². The highest BCUT2D eigenvalue weighted by Gasteiger charge is 2.14. The molecule has 1 heterocycles. The quantitative estimate of drug-likeness (QED) is 0.796. The molecular formula is C11H15NO5S. The maximum Gasteiger partial charge on any atom is 0.358 e. The Morgan fingerprint density at radius 3 is 2.78 bits per heavy atom. The molecule has 0 aliphatic heterocycles. The van der Waals surface area contributed by atoms with Crippen molar-refractivity contribution in [3.8, 4) is 5.75 Å². The molecule has 6 nitrogen and oxygen atoms in total. The Balaban J connectivity index is 2.62. The first-order chi connectivity index (χ1) is 8.46. The molecule has 0 spiro atoms. The normalized spacial score (nSPS) is 11.2. The van der Waals surface area contributed by atoms with E-state index in [-0.39, 0.29) is 29.6 Å². The van der Waals surface area contributed by atoms with Gasteiger partial charge in [0, 0.05) is 6.20 Å². The third kappa shape index (κ3) is 4.33. The minimum Gasteiger partial charge on any atom is -0.490 e. The summed E-state index contributed by atoms with van der Waals surface area (Å²) in [5, 5.41) is 8.85. The lowest BCUT2D eigenvalue weighted by Gasteiger charge is -2.08. The van der Waals surface area contributed by atoms with Crippen molar-refractivity contribution in [1.29, 1.82) is 0 Å². The second kappa shape index (κ2) is 6.34. The molecule has 0 atom stereocenters. The second-order valence-corrected chi connectivity index (χ2v) is 5.96. The van der Waals surface area contributed by atoms with Gasteiger partial charge in [0.25, 0.3) is 0 Å². The third-order valence-corrected chi connectivity index (χ3v) is 3.96. The summed E-state index contributed by atoms with van der Waals surface area (Å²) >= 11 is 0. The first-order valence-corrected chi connectivity index (χ1v) is 7.30. The highest BCUT2D eigenvalue weighted by atomic mass is 32.2. The van der Waals surface area contributed by atoms with Crippen molar-refractivity contribution < 1.29 is 23.1 Å². The molecule has 0 bridgehead atoms. The zero-order valence-electron chi connectivity index (χ0n) is 10.00. The van der Waals surface area contributed by atoms with E-state index in [1.54, 1.807) is 6.92 Å². The molecular weight excluding hydrogens is 258 g/mol. The fraction of sp³-hybridized carbons (Fsp3) is 0.455. The number of nitrogens with zero attached hydrogens (tertiary/aromatic N) is 1. The molecule has 0 aromatic carbocycles. The first-order valence-electron chi connectivity index (χ1n) is 5.48. The van der Waals surface area contributed by atoms with Crippen LogP contribution in [0.5, 0.6) is 5.75 Å². The van der Waals surface area contributed by atoms with Gasteiger partial charge in [-0.2, -0.15) is 0 Å². The van der Waals surface area contributed by atoms with Crippen molar-refractivity contribution in [3.05, 3.63) is 24.0 Å². The van der Waals surface area contributed by atoms with E-state index in [0.29, 0.717) is 6.42 Å². The number of hydrogen-bond acceptors (Lipinski definition) is 5. The minimum atomic E-state index is -3.13. The summed E-state index contributed by atoms with van der Waals surface area (Å²) in [5.41, 5.74) is -0.217. The van der Waals surface area contributed by atoms with Crippen LogP contribution in [0.25, 0.3) is 0 Å². The summed E-state index contributed by atoms with van der Waals surface area (Å²) in [4.78, 5) is 14.5. The summed E-state index contributed by atoms with van der Waals surface area (Å²) in [7, 11) is -3.13. The van der Waals surface area contributed by atoms with E-state index in [4.69, 9.17) is 9.84 Å². The average molecular weight is 273 g/mol. The lowest BCUT2D eigenvalue weighted by Crippen LogP contribution is -2.17. The van der Waals surface area contributed by atoms with Gasteiger partial charge in [0.2, 0.25) is 0 Å². The Labute approximate surface area is 106 Å². The molecule has 0 aliphatic rings. The van der Waals surface area contributed by atoms with Crippen molar-refractivity contribution in [1.82, 2.24) is 4.98 Å². The summed E-state index contributed by atoms with van der Waals surface area (Å²) in [6, 6.07) is 2.98. The number of carboxylic acids is 1. The van der Waals surface area contributed by atoms with Crippen LogP contribution in [0.4, 0.5) is 0 Å². The minimum absolute atomic E-state index is 0.0751. The van der Waals surface area contributed by atoms with Gasteiger partial charge in [0.05, 0.1) is 11.5 Å². The van der Waals surface area contributed by atoms with Crippen LogP contribution in [0.15, 0.2) is 18.3 Å². The smallest absolute Gasteiger partial charge is 0.358 e. The molecule has 1 rings (SSSR count). The zero-order chi connectivity index (χ0) is 13.6. The number of ether oxygens (including phenoxy) is 1. The number of carbonyl (C=O) groups is 1. The molecule has 0 amide bonds. The van der Waals surface area contributed by atoms with Crippen molar-refractivity contribution in [2.45, 2.75) is 13.3 Å². The molecule has 0 unspecified atom stereocenters. The average Bonchev–Trinajstić information content (AvgIpc) is 2.29. The summed E-state index contributed by atoms with van der Waals surface area (Å²) in [5.74, 6) is -1.15. The summed E-state index contributed by atoms with van der Waals surface area (Å²) in [6.07, 6.45) is 1.89. The Morgan fingerprint density at radius 1 is 1.44 bits per heavy atom. The van der Waals surface area contributed by atoms with E-state index in [0.717, 1.165) is 0 Å². The third-order valence-electron chi connectivity index (χ3n) is 2.14. The first kappa shape index (κ1) is 14.4. The molecule has 0 saturated carbocycles. The molecule has 1 N–H and O–H groups in total. The largest absolute Gasteiger partial charge is 0.490 e. The number of sulfone groups is 1. The number of hydrogen-bond donors (Lipinski definition) is 1. The van der Waals surface area contributed by atoms with Crippen LogP contribution in [-0.4, -0.2) is 42.6 Å². The van der Waals surface area contributed by atoms with Gasteiger partial charge < -0.3 is 9.84 Å². The van der Waals surface area contributed by atoms with Crippen LogP contribution < -0.4 is 4.74 Å². The van der Waals surface area contributed by atoms with Crippen LogP contribution in [0.3, 0.4) is 0 Å². The van der Waals surface area contributed by atoms with Gasteiger partial charge in [-0.3, -0.25) is 0 Å². The zero-order valence-corrected chi connectivity index (χ0v) is 10.8. The number of rotatable bonds is 7. The Kier molecular flexibility index (Phi) is 5.08. The SMILES string of the molecule is CCCS(=O)(=O)CCOc1cccnc1C(=O)O. The number of aromatic nitrogens is 1. The maximum absolute atomic E-state index is 11.4. The van der Waals surface area contributed by atoms with Crippen LogP contribution in [0.1, 0.15) is 23.8 Å². The highest BCUT2D eigenvalue weighted by molar-refractivity contribution is 7.91. The summed E-state index contributed by atoms with van der Waals surface area (Å²) in [6.45, 7) is 1.70. The van der Waals surface area contributed by atoms with Gasteiger partial charge in [0.15, 0.2) is 21.3 Å². The van der Waals surface area contributed by atoms with Crippen molar-refractivity contribution in [2.75, 3.05) is 18.1 Å². The molecule has 18 heavy (non-hydrogen) atoms. The number of aromatic carboxylic acids is 1. The molecule has 7 heteroatoms. The topological polar surface area (TPSA) is 93.6 Å². The predicted molar refractivity (Wildman–Crippen MR) is 65.6 cm³/mol. The molecule has 0 aliphatic carbocycles. The molecule has 0 radical (unpaired) electrons. The van der Waals surface area contributed by atoms with Gasteiger partial charge in [-0.1, -0.05) is 6.92 Å². The van der Waals surface area contributed by atoms with E-state index < -0.39 is 15.8 Å². The van der Waals surface area contributed by atoms with Crippen molar-refractivity contribution >= 4 is 15.8 Å². The predicted octanol–water partition coefficient (Wildman–Crippen LogP) is 0.983. The van der Waals surface area contributed by atoms with E-state index in [1.165, 1.54) is 18.3 Å². The van der Waals surface area contributed by atoms with Gasteiger partial charge in [0.1, 0.15) is 6.61 Å². The van der Waals surface area contributed by atoms with E-state index in [9.17, 15) is 13.2 Å². The molecule has 1 aromatic heterocycles. The maximum atomic E-state index is 11.4. The lowest BCUT2D eigenvalue weighted by atomic mass is 10.3. The number of carboxylic acid groups (broad SMARTS) is 1. The van der Waals surface area contributed by atoms with Crippen molar-refractivity contribution in [3.63, 3.8) is 0 Å². The van der Waals surface area contributed by atoms with Gasteiger partial charge in [-0.15, -0.1) is 0 Å². The van der Waals surface area contributed by atoms with Gasteiger partial charge in [-0.25, -0.2) is 18.2 Å². The van der Waals surface area contributed by atoms with Gasteiger partial charge >= 0.3 is 5.97 Å². The fourth-order valence-corrected chi connectivity index (χ4v) is 2.52. The van der Waals surface area contributed by atoms with E-state index in [1.807, 2.05) is 0 Å². The number of pyridine rings is 1. The van der Waals surface area contributed by atoms with E-state index in [2.05, 4.69) is 4.98 Å². The second-order valence-electron chi connectivity index (χ2n) is 3.66. The molecule has 0 saturated heterocycles. The van der Waals surface area contributed by atoms with Gasteiger partial charge in [-0.05, 0) is 18.6 Å². The van der Waals surface area contributed by atoms with Crippen LogP contribution in [-0.2, 0) is 9.84 Å². The molecule has 100 valence electrons.